The molecule has 0 aliphatic carbocycles. The maximum absolute atomic E-state index is 13.8. The van der Waals surface area contributed by atoms with Crippen LogP contribution in [0.3, 0.4) is 0 Å². The molecular weight excluding hydrogens is 257 g/mol. The number of furan rings is 1. The monoisotopic (exact) mass is 277 g/mol. The van der Waals surface area contributed by atoms with Gasteiger partial charge in [-0.2, -0.15) is 0 Å². The smallest absolute Gasteiger partial charge is 0.167 e. The normalized spacial score (nSPS) is 11.1. The maximum Gasteiger partial charge on any atom is 0.167 e. The van der Waals surface area contributed by atoms with E-state index in [1.807, 2.05) is 12.1 Å². The van der Waals surface area contributed by atoms with Crippen molar-refractivity contribution in [2.24, 2.45) is 0 Å². The van der Waals surface area contributed by atoms with Crippen LogP contribution >= 0.6 is 0 Å². The molecule has 2 rings (SSSR count). The van der Waals surface area contributed by atoms with Crippen molar-refractivity contribution in [2.45, 2.75) is 40.0 Å². The van der Waals surface area contributed by atoms with E-state index in [2.05, 4.69) is 19.2 Å². The molecule has 1 heterocycles. The first-order chi connectivity index (χ1) is 9.56. The average molecular weight is 277 g/mol. The third-order valence-electron chi connectivity index (χ3n) is 2.93. The van der Waals surface area contributed by atoms with Crippen molar-refractivity contribution in [3.63, 3.8) is 0 Å². The molecule has 2 aromatic rings. The van der Waals surface area contributed by atoms with E-state index in [-0.39, 0.29) is 18.2 Å². The van der Waals surface area contributed by atoms with Crippen LogP contribution in [0, 0.1) is 12.7 Å². The number of nitrogens with one attached hydrogen (secondary N) is 1. The van der Waals surface area contributed by atoms with E-state index in [0.29, 0.717) is 23.9 Å². The van der Waals surface area contributed by atoms with Crippen molar-refractivity contribution < 1.29 is 13.5 Å². The van der Waals surface area contributed by atoms with Gasteiger partial charge in [-0.3, -0.25) is 0 Å². The second kappa shape index (κ2) is 6.57. The molecule has 0 aliphatic rings. The molecule has 0 fully saturated rings. The Morgan fingerprint density at radius 1 is 1.20 bits per heavy atom. The number of hydrogen-bond acceptors (Lipinski definition) is 3. The molecule has 0 amide bonds. The largest absolute Gasteiger partial charge is 0.483 e. The number of ether oxygens (including phenoxy) is 1. The van der Waals surface area contributed by atoms with Gasteiger partial charge in [-0.15, -0.1) is 0 Å². The summed E-state index contributed by atoms with van der Waals surface area (Å²) in [6.07, 6.45) is 0. The average Bonchev–Trinajstić information content (AvgIpc) is 2.86. The van der Waals surface area contributed by atoms with E-state index in [9.17, 15) is 4.39 Å². The predicted molar refractivity (Wildman–Crippen MR) is 76.2 cm³/mol. The third kappa shape index (κ3) is 3.84. The van der Waals surface area contributed by atoms with Gasteiger partial charge in [0.15, 0.2) is 11.6 Å². The van der Waals surface area contributed by atoms with Gasteiger partial charge in [-0.25, -0.2) is 4.39 Å². The first kappa shape index (κ1) is 14.6. The number of hydrogen-bond donors (Lipinski definition) is 1. The molecule has 108 valence electrons. The maximum atomic E-state index is 13.8. The molecule has 0 radical (unpaired) electrons. The highest BCUT2D eigenvalue weighted by atomic mass is 19.1. The Balaban J connectivity index is 1.92. The Bertz CT molecular complexity index is 563. The lowest BCUT2D eigenvalue weighted by molar-refractivity contribution is 0.253. The summed E-state index contributed by atoms with van der Waals surface area (Å²) in [6, 6.07) is 9.26. The summed E-state index contributed by atoms with van der Waals surface area (Å²) in [7, 11) is 0. The summed E-state index contributed by atoms with van der Waals surface area (Å²) >= 11 is 0. The van der Waals surface area contributed by atoms with Crippen LogP contribution < -0.4 is 10.1 Å². The van der Waals surface area contributed by atoms with E-state index in [0.717, 1.165) is 5.76 Å². The Kier molecular flexibility index (Phi) is 4.79. The van der Waals surface area contributed by atoms with Gasteiger partial charge in [-0.05, 0) is 30.7 Å². The minimum Gasteiger partial charge on any atom is -0.483 e. The Labute approximate surface area is 118 Å². The van der Waals surface area contributed by atoms with Crippen LogP contribution in [0.5, 0.6) is 5.75 Å². The van der Waals surface area contributed by atoms with Crippen LogP contribution in [0.2, 0.25) is 0 Å². The molecule has 20 heavy (non-hydrogen) atoms. The topological polar surface area (TPSA) is 34.4 Å². The van der Waals surface area contributed by atoms with E-state index in [1.165, 1.54) is 0 Å². The quantitative estimate of drug-likeness (QED) is 0.872. The molecule has 1 aromatic carbocycles. The second-order valence-corrected chi connectivity index (χ2v) is 5.08. The number of rotatable bonds is 6. The number of halogens is 1. The van der Waals surface area contributed by atoms with Gasteiger partial charge in [0.25, 0.3) is 0 Å². The highest BCUT2D eigenvalue weighted by Crippen LogP contribution is 2.21. The lowest BCUT2D eigenvalue weighted by atomic mass is 10.2. The SMILES string of the molecule is Cc1cccc(OCc2ccc(CNC(C)C)o2)c1F. The number of aryl methyl sites for hydroxylation is 1. The molecule has 0 aliphatic heterocycles. The van der Waals surface area contributed by atoms with Crippen LogP contribution in [-0.4, -0.2) is 6.04 Å². The molecule has 0 unspecified atom stereocenters. The van der Waals surface area contributed by atoms with E-state index < -0.39 is 0 Å². The van der Waals surface area contributed by atoms with Gasteiger partial charge in [0.05, 0.1) is 6.54 Å². The lowest BCUT2D eigenvalue weighted by Gasteiger charge is -2.07. The predicted octanol–water partition coefficient (Wildman–Crippen LogP) is 3.80. The number of benzene rings is 1. The zero-order valence-electron chi connectivity index (χ0n) is 12.1. The standard InChI is InChI=1S/C16H20FNO2/c1-11(2)18-9-13-7-8-14(20-13)10-19-15-6-4-5-12(3)16(15)17/h4-8,11,18H,9-10H2,1-3H3. The summed E-state index contributed by atoms with van der Waals surface area (Å²) in [5.74, 6) is 1.47. The lowest BCUT2D eigenvalue weighted by Crippen LogP contribution is -2.21. The fraction of sp³-hybridized carbons (Fsp3) is 0.375. The molecule has 0 spiro atoms. The van der Waals surface area contributed by atoms with Crippen molar-refractivity contribution in [3.05, 3.63) is 53.2 Å². The van der Waals surface area contributed by atoms with Gasteiger partial charge in [-0.1, -0.05) is 26.0 Å². The van der Waals surface area contributed by atoms with Crippen LogP contribution in [0.25, 0.3) is 0 Å². The highest BCUT2D eigenvalue weighted by Gasteiger charge is 2.08. The third-order valence-corrected chi connectivity index (χ3v) is 2.93. The van der Waals surface area contributed by atoms with Crippen molar-refractivity contribution in [1.82, 2.24) is 5.32 Å². The van der Waals surface area contributed by atoms with Crippen LogP contribution in [0.15, 0.2) is 34.7 Å². The Morgan fingerprint density at radius 2 is 1.95 bits per heavy atom. The van der Waals surface area contributed by atoms with Gasteiger partial charge < -0.3 is 14.5 Å². The molecule has 1 aromatic heterocycles. The molecule has 0 saturated carbocycles. The van der Waals surface area contributed by atoms with Crippen LogP contribution in [0.1, 0.15) is 30.9 Å². The summed E-state index contributed by atoms with van der Waals surface area (Å²) in [4.78, 5) is 0. The van der Waals surface area contributed by atoms with Crippen molar-refractivity contribution >= 4 is 0 Å². The van der Waals surface area contributed by atoms with Crippen LogP contribution in [0.4, 0.5) is 4.39 Å². The summed E-state index contributed by atoms with van der Waals surface area (Å²) in [5, 5.41) is 3.27. The van der Waals surface area contributed by atoms with Gasteiger partial charge in [0.2, 0.25) is 0 Å². The molecule has 0 atom stereocenters. The van der Waals surface area contributed by atoms with Crippen molar-refractivity contribution in [3.8, 4) is 5.75 Å². The van der Waals surface area contributed by atoms with Crippen LogP contribution in [-0.2, 0) is 13.2 Å². The minimum absolute atomic E-state index is 0.224. The fourth-order valence-electron chi connectivity index (χ4n) is 1.78. The minimum atomic E-state index is -0.319. The highest BCUT2D eigenvalue weighted by molar-refractivity contribution is 5.30. The van der Waals surface area contributed by atoms with E-state index >= 15 is 0 Å². The van der Waals surface area contributed by atoms with Gasteiger partial charge in [0, 0.05) is 6.04 Å². The van der Waals surface area contributed by atoms with Gasteiger partial charge >= 0.3 is 0 Å². The zero-order chi connectivity index (χ0) is 14.5. The first-order valence-corrected chi connectivity index (χ1v) is 6.75. The van der Waals surface area contributed by atoms with E-state index in [4.69, 9.17) is 9.15 Å². The molecule has 0 saturated heterocycles. The zero-order valence-corrected chi connectivity index (χ0v) is 12.1. The first-order valence-electron chi connectivity index (χ1n) is 6.75. The van der Waals surface area contributed by atoms with Crippen molar-refractivity contribution in [2.75, 3.05) is 0 Å². The molecular formula is C16H20FNO2. The van der Waals surface area contributed by atoms with Crippen molar-refractivity contribution in [1.29, 1.82) is 0 Å². The molecule has 4 heteroatoms. The fourth-order valence-corrected chi connectivity index (χ4v) is 1.78. The second-order valence-electron chi connectivity index (χ2n) is 5.08. The molecule has 0 bridgehead atoms. The molecule has 3 nitrogen and oxygen atoms in total. The van der Waals surface area contributed by atoms with Gasteiger partial charge in [0.1, 0.15) is 18.1 Å². The summed E-state index contributed by atoms with van der Waals surface area (Å²) < 4.78 is 24.8. The van der Waals surface area contributed by atoms with E-state index in [1.54, 1.807) is 25.1 Å². The summed E-state index contributed by atoms with van der Waals surface area (Å²) in [6.45, 7) is 6.77. The molecule has 1 N–H and O–H groups in total. The summed E-state index contributed by atoms with van der Waals surface area (Å²) in [5.41, 5.74) is 0.573. The Morgan fingerprint density at radius 3 is 2.70 bits per heavy atom. The Hall–Kier alpha value is -1.81.